The van der Waals surface area contributed by atoms with E-state index in [9.17, 15) is 22.4 Å². The van der Waals surface area contributed by atoms with Crippen molar-refractivity contribution in [2.45, 2.75) is 4.90 Å². The number of nitrogens with zero attached hydrogens (tertiary/aromatic N) is 1. The number of halogens is 2. The van der Waals surface area contributed by atoms with Crippen molar-refractivity contribution in [1.29, 1.82) is 0 Å². The van der Waals surface area contributed by atoms with Gasteiger partial charge >= 0.3 is 6.03 Å². The monoisotopic (exact) mass is 488 g/mol. The Labute approximate surface area is 194 Å². The lowest BCUT2D eigenvalue weighted by Crippen LogP contribution is -2.27. The van der Waals surface area contributed by atoms with Crippen LogP contribution in [0.2, 0.25) is 5.02 Å². The molecule has 1 heterocycles. The van der Waals surface area contributed by atoms with Crippen LogP contribution in [-0.4, -0.2) is 33.4 Å². The molecule has 3 aromatic carbocycles. The number of anilines is 3. The van der Waals surface area contributed by atoms with E-state index in [1.54, 1.807) is 29.2 Å². The maximum absolute atomic E-state index is 13.3. The number of sulfonamides is 1. The summed E-state index contributed by atoms with van der Waals surface area (Å²) in [6.45, 7) is 1.09. The minimum Gasteiger partial charge on any atom is -0.336 e. The Kier molecular flexibility index (Phi) is 6.21. The second-order valence-corrected chi connectivity index (χ2v) is 9.24. The lowest BCUT2D eigenvalue weighted by Gasteiger charge is -2.15. The van der Waals surface area contributed by atoms with Crippen LogP contribution in [0.5, 0.6) is 0 Å². The summed E-state index contributed by atoms with van der Waals surface area (Å²) in [6, 6.07) is 15.6. The van der Waals surface area contributed by atoms with E-state index in [-0.39, 0.29) is 21.6 Å². The number of nitrogens with one attached hydrogen (secondary N) is 3. The topological polar surface area (TPSA) is 108 Å². The molecule has 3 aromatic rings. The van der Waals surface area contributed by atoms with Crippen molar-refractivity contribution in [3.8, 4) is 0 Å². The SMILES string of the molecule is O=C(Nc1cccc(N2CCNC2=O)c1)c1ccc(NS(=O)(=O)c2ccc(F)c(Cl)c2)cc1. The van der Waals surface area contributed by atoms with E-state index in [1.165, 1.54) is 24.3 Å². The molecule has 0 atom stereocenters. The Bertz CT molecular complexity index is 1330. The van der Waals surface area contributed by atoms with E-state index in [0.29, 0.717) is 30.0 Å². The highest BCUT2D eigenvalue weighted by molar-refractivity contribution is 7.92. The maximum Gasteiger partial charge on any atom is 0.321 e. The van der Waals surface area contributed by atoms with Crippen molar-refractivity contribution in [3.05, 3.63) is 83.1 Å². The molecule has 33 heavy (non-hydrogen) atoms. The Morgan fingerprint density at radius 1 is 1.03 bits per heavy atom. The zero-order chi connectivity index (χ0) is 23.6. The van der Waals surface area contributed by atoms with Crippen LogP contribution in [0.4, 0.5) is 26.2 Å². The molecule has 4 rings (SSSR count). The molecule has 1 aliphatic heterocycles. The minimum atomic E-state index is -3.99. The molecule has 0 unspecified atom stereocenters. The summed E-state index contributed by atoms with van der Waals surface area (Å²) in [4.78, 5) is 25.8. The first kappa shape index (κ1) is 22.6. The molecule has 11 heteroatoms. The molecule has 1 saturated heterocycles. The van der Waals surface area contributed by atoms with Gasteiger partial charge in [0.15, 0.2) is 0 Å². The third-order valence-corrected chi connectivity index (χ3v) is 6.54. The summed E-state index contributed by atoms with van der Waals surface area (Å²) in [5, 5.41) is 5.17. The molecular weight excluding hydrogens is 471 g/mol. The number of amides is 3. The van der Waals surface area contributed by atoms with E-state index in [1.807, 2.05) is 0 Å². The summed E-state index contributed by atoms with van der Waals surface area (Å²) >= 11 is 5.66. The van der Waals surface area contributed by atoms with Crippen LogP contribution >= 0.6 is 11.6 Å². The zero-order valence-electron chi connectivity index (χ0n) is 17.0. The summed E-state index contributed by atoms with van der Waals surface area (Å²) in [5.41, 5.74) is 1.68. The summed E-state index contributed by atoms with van der Waals surface area (Å²) in [7, 11) is -3.99. The van der Waals surface area contributed by atoms with Crippen LogP contribution in [0.15, 0.2) is 71.6 Å². The van der Waals surface area contributed by atoms with Crippen molar-refractivity contribution in [2.24, 2.45) is 0 Å². The van der Waals surface area contributed by atoms with E-state index in [0.717, 1.165) is 18.2 Å². The molecule has 1 aliphatic rings. The smallest absolute Gasteiger partial charge is 0.321 e. The van der Waals surface area contributed by atoms with Crippen LogP contribution in [-0.2, 0) is 10.0 Å². The van der Waals surface area contributed by atoms with E-state index in [2.05, 4.69) is 15.4 Å². The predicted molar refractivity (Wildman–Crippen MR) is 124 cm³/mol. The number of rotatable bonds is 6. The van der Waals surface area contributed by atoms with Crippen LogP contribution in [0.25, 0.3) is 0 Å². The van der Waals surface area contributed by atoms with Crippen molar-refractivity contribution in [1.82, 2.24) is 5.32 Å². The Morgan fingerprint density at radius 3 is 2.45 bits per heavy atom. The first-order valence-corrected chi connectivity index (χ1v) is 11.6. The Hall–Kier alpha value is -3.63. The normalized spacial score (nSPS) is 13.5. The molecule has 3 amide bonds. The standard InChI is InChI=1S/C22H18ClFN4O4S/c23-19-13-18(8-9-20(19)24)33(31,32)27-15-6-4-14(5-7-15)21(29)26-16-2-1-3-17(12-16)28-11-10-25-22(28)30/h1-9,12-13,27H,10-11H2,(H,25,30)(H,26,29). The highest BCUT2D eigenvalue weighted by atomic mass is 35.5. The average Bonchev–Trinajstić information content (AvgIpc) is 3.22. The van der Waals surface area contributed by atoms with Gasteiger partial charge in [0.05, 0.1) is 9.92 Å². The quantitative estimate of drug-likeness (QED) is 0.486. The van der Waals surface area contributed by atoms with Crippen molar-refractivity contribution in [3.63, 3.8) is 0 Å². The molecular formula is C22H18ClFN4O4S. The molecule has 0 aromatic heterocycles. The highest BCUT2D eigenvalue weighted by Crippen LogP contribution is 2.23. The maximum atomic E-state index is 13.3. The Balaban J connectivity index is 1.44. The summed E-state index contributed by atoms with van der Waals surface area (Å²) in [6.07, 6.45) is 0. The highest BCUT2D eigenvalue weighted by Gasteiger charge is 2.21. The molecule has 0 aliphatic carbocycles. The number of carbonyl (C=O) groups is 2. The predicted octanol–water partition coefficient (Wildman–Crippen LogP) is 4.06. The van der Waals surface area contributed by atoms with Crippen molar-refractivity contribution in [2.75, 3.05) is 28.0 Å². The fourth-order valence-corrected chi connectivity index (χ4v) is 4.55. The van der Waals surface area contributed by atoms with E-state index < -0.39 is 21.7 Å². The lowest BCUT2D eigenvalue weighted by atomic mass is 10.2. The molecule has 0 spiro atoms. The molecule has 170 valence electrons. The van der Waals surface area contributed by atoms with Gasteiger partial charge < -0.3 is 10.6 Å². The van der Waals surface area contributed by atoms with Crippen LogP contribution in [0.3, 0.4) is 0 Å². The first-order chi connectivity index (χ1) is 15.7. The van der Waals surface area contributed by atoms with Gasteiger partial charge in [0.1, 0.15) is 5.82 Å². The van der Waals surface area contributed by atoms with E-state index >= 15 is 0 Å². The summed E-state index contributed by atoms with van der Waals surface area (Å²) in [5.74, 6) is -1.13. The van der Waals surface area contributed by atoms with Gasteiger partial charge in [-0.25, -0.2) is 17.6 Å². The van der Waals surface area contributed by atoms with Gasteiger partial charge in [-0.2, -0.15) is 0 Å². The van der Waals surface area contributed by atoms with Gasteiger partial charge in [-0.05, 0) is 60.7 Å². The molecule has 1 fully saturated rings. The van der Waals surface area contributed by atoms with Crippen LogP contribution in [0.1, 0.15) is 10.4 Å². The van der Waals surface area contributed by atoms with Gasteiger partial charge in [-0.3, -0.25) is 14.4 Å². The number of carbonyl (C=O) groups excluding carboxylic acids is 2. The molecule has 0 radical (unpaired) electrons. The Morgan fingerprint density at radius 2 is 1.79 bits per heavy atom. The van der Waals surface area contributed by atoms with Gasteiger partial charge in [-0.1, -0.05) is 17.7 Å². The van der Waals surface area contributed by atoms with Gasteiger partial charge in [0.2, 0.25) is 0 Å². The second kappa shape index (κ2) is 9.08. The number of benzene rings is 3. The third kappa shape index (κ3) is 5.07. The minimum absolute atomic E-state index is 0.192. The molecule has 8 nitrogen and oxygen atoms in total. The fraction of sp³-hybridized carbons (Fsp3) is 0.0909. The van der Waals surface area contributed by atoms with Gasteiger partial charge in [-0.15, -0.1) is 0 Å². The molecule has 3 N–H and O–H groups in total. The van der Waals surface area contributed by atoms with Gasteiger partial charge in [0, 0.05) is 35.7 Å². The second-order valence-electron chi connectivity index (χ2n) is 7.15. The summed E-state index contributed by atoms with van der Waals surface area (Å²) < 4.78 is 40.6. The number of hydrogen-bond donors (Lipinski definition) is 3. The van der Waals surface area contributed by atoms with Crippen LogP contribution in [0, 0.1) is 5.82 Å². The third-order valence-electron chi connectivity index (χ3n) is 4.87. The lowest BCUT2D eigenvalue weighted by molar-refractivity contribution is 0.102. The largest absolute Gasteiger partial charge is 0.336 e. The zero-order valence-corrected chi connectivity index (χ0v) is 18.6. The average molecular weight is 489 g/mol. The van der Waals surface area contributed by atoms with Crippen molar-refractivity contribution < 1.29 is 22.4 Å². The molecule has 0 saturated carbocycles. The molecule has 0 bridgehead atoms. The van der Waals surface area contributed by atoms with E-state index in [4.69, 9.17) is 11.6 Å². The van der Waals surface area contributed by atoms with Crippen molar-refractivity contribution >= 4 is 50.6 Å². The first-order valence-electron chi connectivity index (χ1n) is 9.78. The number of urea groups is 1. The number of hydrogen-bond acceptors (Lipinski definition) is 4. The van der Waals surface area contributed by atoms with Crippen LogP contribution < -0.4 is 20.3 Å². The van der Waals surface area contributed by atoms with Gasteiger partial charge in [0.25, 0.3) is 15.9 Å². The fourth-order valence-electron chi connectivity index (χ4n) is 3.22.